The zero-order chi connectivity index (χ0) is 28.6. The van der Waals surface area contributed by atoms with Crippen LogP contribution in [-0.4, -0.2) is 35.4 Å². The van der Waals surface area contributed by atoms with E-state index in [-0.39, 0.29) is 42.8 Å². The third-order valence-electron chi connectivity index (χ3n) is 7.63. The Labute approximate surface area is 240 Å². The van der Waals surface area contributed by atoms with Gasteiger partial charge in [0.15, 0.2) is 0 Å². The number of esters is 1. The molecule has 3 aromatic carbocycles. The van der Waals surface area contributed by atoms with Gasteiger partial charge in [0.2, 0.25) is 11.8 Å². The minimum atomic E-state index is -0.831. The smallest absolute Gasteiger partial charge is 0.309 e. The van der Waals surface area contributed by atoms with Crippen LogP contribution in [0.15, 0.2) is 103 Å². The van der Waals surface area contributed by atoms with Gasteiger partial charge in [0.1, 0.15) is 6.04 Å². The molecule has 0 bridgehead atoms. The minimum absolute atomic E-state index is 0.0984. The van der Waals surface area contributed by atoms with Gasteiger partial charge in [0, 0.05) is 23.5 Å². The number of hydrogen-bond donors (Lipinski definition) is 3. The lowest BCUT2D eigenvalue weighted by Crippen LogP contribution is -2.50. The number of rotatable bonds is 4. The van der Waals surface area contributed by atoms with Crippen molar-refractivity contribution in [3.05, 3.63) is 120 Å². The van der Waals surface area contributed by atoms with Crippen molar-refractivity contribution < 1.29 is 19.1 Å². The summed E-state index contributed by atoms with van der Waals surface area (Å²) in [7, 11) is 0. The zero-order valence-electron chi connectivity index (χ0n) is 23.1. The van der Waals surface area contributed by atoms with Crippen LogP contribution in [0.2, 0.25) is 0 Å². The molecule has 2 amide bonds. The number of para-hydroxylation sites is 1. The van der Waals surface area contributed by atoms with Gasteiger partial charge in [-0.05, 0) is 35.1 Å². The van der Waals surface area contributed by atoms with Crippen LogP contribution in [0.4, 0.5) is 0 Å². The third kappa shape index (κ3) is 6.92. The van der Waals surface area contributed by atoms with Crippen LogP contribution in [0.5, 0.6) is 0 Å². The summed E-state index contributed by atoms with van der Waals surface area (Å²) in [6.45, 7) is 2.09. The number of nitrogens with one attached hydrogen (secondary N) is 3. The molecule has 1 aliphatic heterocycles. The van der Waals surface area contributed by atoms with Crippen molar-refractivity contribution in [2.75, 3.05) is 6.61 Å². The van der Waals surface area contributed by atoms with Gasteiger partial charge in [-0.3, -0.25) is 14.4 Å². The van der Waals surface area contributed by atoms with Gasteiger partial charge in [0.05, 0.1) is 25.0 Å². The predicted molar refractivity (Wildman–Crippen MR) is 159 cm³/mol. The molecule has 0 radical (unpaired) electrons. The summed E-state index contributed by atoms with van der Waals surface area (Å²) in [5, 5.41) is 7.29. The number of aromatic amines is 1. The van der Waals surface area contributed by atoms with Gasteiger partial charge in [-0.1, -0.05) is 97.9 Å². The van der Waals surface area contributed by atoms with Crippen molar-refractivity contribution in [2.24, 2.45) is 5.92 Å². The van der Waals surface area contributed by atoms with Crippen LogP contribution in [0, 0.1) is 5.92 Å². The van der Waals surface area contributed by atoms with E-state index in [0.29, 0.717) is 12.8 Å². The molecule has 1 unspecified atom stereocenters. The number of benzene rings is 3. The lowest BCUT2D eigenvalue weighted by Gasteiger charge is -2.28. The Kier molecular flexibility index (Phi) is 8.94. The summed E-state index contributed by atoms with van der Waals surface area (Å²) in [6.07, 6.45) is 6.34. The lowest BCUT2D eigenvalue weighted by atomic mass is 9.92. The quantitative estimate of drug-likeness (QED) is 0.236. The van der Waals surface area contributed by atoms with Crippen LogP contribution in [-0.2, 0) is 25.5 Å². The van der Waals surface area contributed by atoms with Crippen LogP contribution in [0.25, 0.3) is 10.9 Å². The average molecular weight is 550 g/mol. The van der Waals surface area contributed by atoms with E-state index < -0.39 is 12.0 Å². The Balaban J connectivity index is 1.51. The summed E-state index contributed by atoms with van der Waals surface area (Å²) >= 11 is 0. The van der Waals surface area contributed by atoms with Crippen LogP contribution < -0.4 is 10.6 Å². The molecule has 3 N–H and O–H groups in total. The molecule has 0 fully saturated rings. The molecule has 1 aromatic heterocycles. The second-order valence-corrected chi connectivity index (χ2v) is 10.5. The summed E-state index contributed by atoms with van der Waals surface area (Å²) in [4.78, 5) is 43.6. The average Bonchev–Trinajstić information content (AvgIpc) is 3.40. The van der Waals surface area contributed by atoms with E-state index in [9.17, 15) is 14.4 Å². The molecule has 0 saturated heterocycles. The second kappa shape index (κ2) is 13.1. The van der Waals surface area contributed by atoms with Gasteiger partial charge < -0.3 is 20.4 Å². The number of hydrogen-bond acceptors (Lipinski definition) is 4. The molecular formula is C34H35N3O4. The van der Waals surface area contributed by atoms with Crippen molar-refractivity contribution in [1.29, 1.82) is 0 Å². The van der Waals surface area contributed by atoms with Crippen LogP contribution in [0.3, 0.4) is 0 Å². The number of amides is 2. The number of carbonyl (C=O) groups is 3. The highest BCUT2D eigenvalue weighted by Crippen LogP contribution is 2.26. The second-order valence-electron chi connectivity index (χ2n) is 10.5. The summed E-state index contributed by atoms with van der Waals surface area (Å²) in [6, 6.07) is 25.8. The normalized spacial score (nSPS) is 23.5. The SMILES string of the molecule is C[C@H]1/C=C/CC(=O)OCCC(c2ccccc2)C(=O)N[C@@H](Cc2c[nH]c3ccccc23)C(=O)N[C@H]1c1ccccc1. The molecule has 7 nitrogen and oxygen atoms in total. The molecule has 4 aromatic rings. The molecule has 0 aliphatic carbocycles. The Hall–Kier alpha value is -4.65. The fraction of sp³-hybridized carbons (Fsp3) is 0.265. The van der Waals surface area contributed by atoms with Crippen LogP contribution in [0.1, 0.15) is 48.4 Å². The van der Waals surface area contributed by atoms with Crippen molar-refractivity contribution >= 4 is 28.7 Å². The van der Waals surface area contributed by atoms with Gasteiger partial charge >= 0.3 is 5.97 Å². The molecule has 210 valence electrons. The molecule has 0 spiro atoms. The number of aromatic nitrogens is 1. The zero-order valence-corrected chi connectivity index (χ0v) is 23.1. The van der Waals surface area contributed by atoms with Gasteiger partial charge in [-0.15, -0.1) is 0 Å². The van der Waals surface area contributed by atoms with Crippen molar-refractivity contribution in [3.8, 4) is 0 Å². The number of cyclic esters (lactones) is 1. The summed E-state index contributed by atoms with van der Waals surface area (Å²) in [5.74, 6) is -1.63. The molecule has 1 aliphatic rings. The van der Waals surface area contributed by atoms with E-state index in [2.05, 4.69) is 15.6 Å². The topological polar surface area (TPSA) is 100 Å². The predicted octanol–water partition coefficient (Wildman–Crippen LogP) is 5.37. The highest BCUT2D eigenvalue weighted by Gasteiger charge is 2.30. The Morgan fingerprint density at radius 1 is 0.805 bits per heavy atom. The molecule has 7 heteroatoms. The maximum atomic E-state index is 14.0. The van der Waals surface area contributed by atoms with Gasteiger partial charge in [-0.25, -0.2) is 0 Å². The maximum absolute atomic E-state index is 14.0. The molecular weight excluding hydrogens is 514 g/mol. The molecule has 41 heavy (non-hydrogen) atoms. The highest BCUT2D eigenvalue weighted by atomic mass is 16.5. The van der Waals surface area contributed by atoms with Gasteiger partial charge in [-0.2, -0.15) is 0 Å². The third-order valence-corrected chi connectivity index (χ3v) is 7.63. The first-order valence-electron chi connectivity index (χ1n) is 14.1. The summed E-state index contributed by atoms with van der Waals surface area (Å²) in [5.41, 5.74) is 3.64. The monoisotopic (exact) mass is 549 g/mol. The fourth-order valence-electron chi connectivity index (χ4n) is 5.41. The molecule has 4 atom stereocenters. The van der Waals surface area contributed by atoms with E-state index in [1.165, 1.54) is 0 Å². The first-order chi connectivity index (χ1) is 20.0. The van der Waals surface area contributed by atoms with Crippen LogP contribution >= 0.6 is 0 Å². The van der Waals surface area contributed by atoms with Crippen molar-refractivity contribution in [2.45, 2.75) is 44.2 Å². The first kappa shape index (κ1) is 27.9. The lowest BCUT2D eigenvalue weighted by molar-refractivity contribution is -0.143. The number of carbonyl (C=O) groups excluding carboxylic acids is 3. The number of fused-ring (bicyclic) bond motifs is 1. The highest BCUT2D eigenvalue weighted by molar-refractivity contribution is 5.92. The number of ether oxygens (including phenoxy) is 1. The summed E-state index contributed by atoms with van der Waals surface area (Å²) < 4.78 is 5.49. The van der Waals surface area contributed by atoms with E-state index in [4.69, 9.17) is 4.74 Å². The maximum Gasteiger partial charge on any atom is 0.309 e. The molecule has 2 heterocycles. The van der Waals surface area contributed by atoms with Gasteiger partial charge in [0.25, 0.3) is 0 Å². The van der Waals surface area contributed by atoms with Crippen molar-refractivity contribution in [1.82, 2.24) is 15.6 Å². The molecule has 5 rings (SSSR count). The standard InChI is InChI=1S/C34H35N3O4/c1-23-11-10-18-31(38)41-20-19-28(24-12-4-2-5-13-24)33(39)36-30(21-26-22-35-29-17-9-8-16-27(26)29)34(40)37-32(23)25-14-6-3-7-15-25/h2-17,22-23,28,30,32,35H,18-21H2,1H3,(H,36,39)(H,37,40)/b11-10+/t23-,28?,30-,32+/m0/s1. The van der Waals surface area contributed by atoms with E-state index in [1.807, 2.05) is 104 Å². The first-order valence-corrected chi connectivity index (χ1v) is 14.1. The molecule has 0 saturated carbocycles. The Morgan fingerprint density at radius 2 is 1.49 bits per heavy atom. The number of H-pyrrole nitrogens is 1. The Bertz CT molecular complexity index is 1510. The van der Waals surface area contributed by atoms with E-state index >= 15 is 0 Å². The fourth-order valence-corrected chi connectivity index (χ4v) is 5.41. The van der Waals surface area contributed by atoms with E-state index in [1.54, 1.807) is 6.08 Å². The van der Waals surface area contributed by atoms with Crippen molar-refractivity contribution in [3.63, 3.8) is 0 Å². The minimum Gasteiger partial charge on any atom is -0.465 e. The largest absolute Gasteiger partial charge is 0.465 e. The Morgan fingerprint density at radius 3 is 2.24 bits per heavy atom. The van der Waals surface area contributed by atoms with E-state index in [0.717, 1.165) is 27.6 Å².